The molecule has 2 rings (SSSR count). The van der Waals surface area contributed by atoms with Crippen LogP contribution in [0.2, 0.25) is 0 Å². The minimum absolute atomic E-state index is 0.0196. The molecule has 6 heteroatoms. The van der Waals surface area contributed by atoms with Gasteiger partial charge in [-0.1, -0.05) is 13.3 Å². The maximum Gasteiger partial charge on any atom is 0.270 e. The van der Waals surface area contributed by atoms with E-state index < -0.39 is 16.6 Å². The number of amides is 1. The number of nitrogens with zero attached hydrogens (tertiary/aromatic N) is 1. The second kappa shape index (κ2) is 5.34. The zero-order chi connectivity index (χ0) is 14.0. The fourth-order valence-electron chi connectivity index (χ4n) is 2.41. The second-order valence-corrected chi connectivity index (χ2v) is 4.91. The van der Waals surface area contributed by atoms with E-state index in [1.807, 2.05) is 6.92 Å². The van der Waals surface area contributed by atoms with Gasteiger partial charge in [0, 0.05) is 18.2 Å². The molecule has 1 fully saturated rings. The van der Waals surface area contributed by atoms with Crippen molar-refractivity contribution >= 4 is 11.6 Å². The number of hydrogen-bond donors (Lipinski definition) is 1. The van der Waals surface area contributed by atoms with Crippen molar-refractivity contribution in [2.75, 3.05) is 0 Å². The highest BCUT2D eigenvalue weighted by molar-refractivity contribution is 5.95. The van der Waals surface area contributed by atoms with Crippen molar-refractivity contribution < 1.29 is 14.1 Å². The maximum absolute atomic E-state index is 13.6. The van der Waals surface area contributed by atoms with Crippen LogP contribution in [0.5, 0.6) is 0 Å². The molecule has 0 spiro atoms. The van der Waals surface area contributed by atoms with Crippen molar-refractivity contribution in [3.8, 4) is 0 Å². The van der Waals surface area contributed by atoms with E-state index in [9.17, 15) is 19.3 Å². The molecule has 0 radical (unpaired) electrons. The first-order valence-electron chi connectivity index (χ1n) is 6.24. The van der Waals surface area contributed by atoms with Gasteiger partial charge in [-0.3, -0.25) is 14.9 Å². The van der Waals surface area contributed by atoms with Crippen LogP contribution in [0.15, 0.2) is 18.2 Å². The molecule has 1 aliphatic rings. The monoisotopic (exact) mass is 266 g/mol. The molecular weight excluding hydrogens is 251 g/mol. The Morgan fingerprint density at radius 3 is 2.79 bits per heavy atom. The summed E-state index contributed by atoms with van der Waals surface area (Å²) in [6.07, 6.45) is 2.93. The fourth-order valence-corrected chi connectivity index (χ4v) is 2.41. The SMILES string of the molecule is CC1CCCC1NC(=O)c1cc([N+](=O)[O-])ccc1F. The highest BCUT2D eigenvalue weighted by Crippen LogP contribution is 2.25. The third kappa shape index (κ3) is 2.89. The van der Waals surface area contributed by atoms with E-state index in [1.54, 1.807) is 0 Å². The average molecular weight is 266 g/mol. The molecule has 0 aliphatic heterocycles. The van der Waals surface area contributed by atoms with Gasteiger partial charge >= 0.3 is 0 Å². The predicted octanol–water partition coefficient (Wildman–Crippen LogP) is 2.65. The van der Waals surface area contributed by atoms with Crippen LogP contribution in [0.3, 0.4) is 0 Å². The Labute approximate surface area is 110 Å². The normalized spacial score (nSPS) is 22.2. The minimum atomic E-state index is -0.742. The molecule has 1 aromatic rings. The van der Waals surface area contributed by atoms with Gasteiger partial charge in [-0.2, -0.15) is 0 Å². The molecule has 1 aliphatic carbocycles. The topological polar surface area (TPSA) is 72.2 Å². The molecule has 1 N–H and O–H groups in total. The minimum Gasteiger partial charge on any atom is -0.349 e. The van der Waals surface area contributed by atoms with Gasteiger partial charge in [-0.05, 0) is 24.8 Å². The summed E-state index contributed by atoms with van der Waals surface area (Å²) in [5.74, 6) is -0.973. The highest BCUT2D eigenvalue weighted by Gasteiger charge is 2.26. The highest BCUT2D eigenvalue weighted by atomic mass is 19.1. The lowest BCUT2D eigenvalue weighted by molar-refractivity contribution is -0.384. The first kappa shape index (κ1) is 13.5. The number of nitro groups is 1. The van der Waals surface area contributed by atoms with E-state index in [-0.39, 0.29) is 17.3 Å². The van der Waals surface area contributed by atoms with E-state index in [2.05, 4.69) is 5.32 Å². The standard InChI is InChI=1S/C13H15FN2O3/c1-8-3-2-4-12(8)15-13(17)10-7-9(16(18)19)5-6-11(10)14/h5-8,12H,2-4H2,1H3,(H,15,17). The molecule has 2 unspecified atom stereocenters. The number of nitrogens with one attached hydrogen (secondary N) is 1. The molecule has 2 atom stereocenters. The van der Waals surface area contributed by atoms with Crippen LogP contribution in [-0.4, -0.2) is 16.9 Å². The lowest BCUT2D eigenvalue weighted by Crippen LogP contribution is -2.36. The van der Waals surface area contributed by atoms with Gasteiger partial charge in [0.2, 0.25) is 0 Å². The number of rotatable bonds is 3. The number of benzene rings is 1. The number of carbonyl (C=O) groups is 1. The van der Waals surface area contributed by atoms with Gasteiger partial charge in [-0.15, -0.1) is 0 Å². The Kier molecular flexibility index (Phi) is 3.78. The van der Waals surface area contributed by atoms with Crippen LogP contribution < -0.4 is 5.32 Å². The summed E-state index contributed by atoms with van der Waals surface area (Å²) in [6, 6.07) is 2.99. The summed E-state index contributed by atoms with van der Waals surface area (Å²) in [6.45, 7) is 2.03. The third-order valence-electron chi connectivity index (χ3n) is 3.58. The molecule has 0 heterocycles. The summed E-state index contributed by atoms with van der Waals surface area (Å²) < 4.78 is 13.6. The van der Waals surface area contributed by atoms with E-state index >= 15 is 0 Å². The van der Waals surface area contributed by atoms with Gasteiger partial charge in [0.15, 0.2) is 0 Å². The molecule has 1 amide bonds. The summed E-state index contributed by atoms with van der Waals surface area (Å²) in [5.41, 5.74) is -0.556. The fraction of sp³-hybridized carbons (Fsp3) is 0.462. The van der Waals surface area contributed by atoms with Crippen LogP contribution in [0.1, 0.15) is 36.5 Å². The molecule has 0 aromatic heterocycles. The zero-order valence-electron chi connectivity index (χ0n) is 10.6. The molecular formula is C13H15FN2O3. The lowest BCUT2D eigenvalue weighted by Gasteiger charge is -2.17. The van der Waals surface area contributed by atoms with Gasteiger partial charge in [0.1, 0.15) is 5.82 Å². The van der Waals surface area contributed by atoms with Gasteiger partial charge < -0.3 is 5.32 Å². The number of nitro benzene ring substituents is 1. The number of halogens is 1. The second-order valence-electron chi connectivity index (χ2n) is 4.91. The Bertz CT molecular complexity index is 519. The van der Waals surface area contributed by atoms with Crippen molar-refractivity contribution in [3.05, 3.63) is 39.7 Å². The molecule has 0 bridgehead atoms. The smallest absolute Gasteiger partial charge is 0.270 e. The molecule has 1 saturated carbocycles. The predicted molar refractivity (Wildman–Crippen MR) is 67.3 cm³/mol. The van der Waals surface area contributed by atoms with Crippen molar-refractivity contribution in [1.82, 2.24) is 5.32 Å². The molecule has 1 aromatic carbocycles. The lowest BCUT2D eigenvalue weighted by atomic mass is 10.1. The molecule has 19 heavy (non-hydrogen) atoms. The summed E-state index contributed by atoms with van der Waals surface area (Å²) in [5, 5.41) is 13.4. The van der Waals surface area contributed by atoms with E-state index in [0.29, 0.717) is 5.92 Å². The molecule has 0 saturated heterocycles. The van der Waals surface area contributed by atoms with Gasteiger partial charge in [-0.25, -0.2) is 4.39 Å². The Morgan fingerprint density at radius 2 is 2.21 bits per heavy atom. The Hall–Kier alpha value is -1.98. The van der Waals surface area contributed by atoms with Gasteiger partial charge in [0.25, 0.3) is 11.6 Å². The van der Waals surface area contributed by atoms with Crippen LogP contribution in [0.4, 0.5) is 10.1 Å². The summed E-state index contributed by atoms with van der Waals surface area (Å²) in [4.78, 5) is 22.0. The van der Waals surface area contributed by atoms with E-state index in [0.717, 1.165) is 37.5 Å². The van der Waals surface area contributed by atoms with Crippen molar-refractivity contribution in [2.24, 2.45) is 5.92 Å². The van der Waals surface area contributed by atoms with Crippen LogP contribution in [0, 0.1) is 21.8 Å². The zero-order valence-corrected chi connectivity index (χ0v) is 10.6. The quantitative estimate of drug-likeness (QED) is 0.675. The number of non-ortho nitro benzene ring substituents is 1. The van der Waals surface area contributed by atoms with Gasteiger partial charge in [0.05, 0.1) is 10.5 Å². The molecule has 102 valence electrons. The maximum atomic E-state index is 13.6. The van der Waals surface area contributed by atoms with Crippen LogP contribution in [-0.2, 0) is 0 Å². The van der Waals surface area contributed by atoms with E-state index in [1.165, 1.54) is 0 Å². The first-order valence-corrected chi connectivity index (χ1v) is 6.24. The average Bonchev–Trinajstić information content (AvgIpc) is 2.75. The van der Waals surface area contributed by atoms with Crippen LogP contribution >= 0.6 is 0 Å². The van der Waals surface area contributed by atoms with E-state index in [4.69, 9.17) is 0 Å². The van der Waals surface area contributed by atoms with Crippen molar-refractivity contribution in [3.63, 3.8) is 0 Å². The third-order valence-corrected chi connectivity index (χ3v) is 3.58. The Morgan fingerprint density at radius 1 is 1.47 bits per heavy atom. The van der Waals surface area contributed by atoms with Crippen molar-refractivity contribution in [1.29, 1.82) is 0 Å². The number of hydrogen-bond acceptors (Lipinski definition) is 3. The van der Waals surface area contributed by atoms with Crippen molar-refractivity contribution in [2.45, 2.75) is 32.2 Å². The van der Waals surface area contributed by atoms with Crippen LogP contribution in [0.25, 0.3) is 0 Å². The summed E-state index contributed by atoms with van der Waals surface area (Å²) >= 11 is 0. The largest absolute Gasteiger partial charge is 0.349 e. The first-order chi connectivity index (χ1) is 8.99. The molecule has 5 nitrogen and oxygen atoms in total. The Balaban J connectivity index is 2.18. The summed E-state index contributed by atoms with van der Waals surface area (Å²) in [7, 11) is 0. The number of carbonyl (C=O) groups excluding carboxylic acids is 1.